The third-order valence-electron chi connectivity index (χ3n) is 2.07. The van der Waals surface area contributed by atoms with Gasteiger partial charge in [-0.15, -0.1) is 0 Å². The highest BCUT2D eigenvalue weighted by Gasteiger charge is 2.27. The average molecular weight is 223 g/mol. The molecule has 2 amide bonds. The van der Waals surface area contributed by atoms with E-state index in [4.69, 9.17) is 10.5 Å². The molecule has 1 fully saturated rings. The fraction of sp³-hybridized carbons (Fsp3) is 0.875. The van der Waals surface area contributed by atoms with Crippen molar-refractivity contribution in [1.29, 1.82) is 0 Å². The molecule has 1 heterocycles. The van der Waals surface area contributed by atoms with Gasteiger partial charge in [0, 0.05) is 6.61 Å². The van der Waals surface area contributed by atoms with E-state index in [1.165, 1.54) is 0 Å². The van der Waals surface area contributed by atoms with Gasteiger partial charge in [0.05, 0.1) is 25.7 Å². The molecule has 0 radical (unpaired) electrons. The lowest BCUT2D eigenvalue weighted by Crippen LogP contribution is -2.48. The molecule has 15 heavy (non-hydrogen) atoms. The summed E-state index contributed by atoms with van der Waals surface area (Å²) in [5, 5.41) is 4.59. The Morgan fingerprint density at radius 3 is 2.87 bits per heavy atom. The summed E-state index contributed by atoms with van der Waals surface area (Å²) in [6.07, 6.45) is 0.709. The minimum absolute atomic E-state index is 0.0866. The summed E-state index contributed by atoms with van der Waals surface area (Å²) in [7, 11) is 0. The molecule has 0 aromatic rings. The maximum Gasteiger partial charge on any atom is 0.315 e. The number of hydrogen-bond donors (Lipinski definition) is 3. The fourth-order valence-electron chi connectivity index (χ4n) is 1.17. The molecule has 1 aliphatic rings. The smallest absolute Gasteiger partial charge is 0.315 e. The van der Waals surface area contributed by atoms with Gasteiger partial charge in [0.25, 0.3) is 5.92 Å². The predicted molar refractivity (Wildman–Crippen MR) is 49.8 cm³/mol. The number of carbonyl (C=O) groups is 1. The zero-order valence-corrected chi connectivity index (χ0v) is 8.26. The van der Waals surface area contributed by atoms with Crippen LogP contribution in [-0.2, 0) is 4.74 Å². The fourth-order valence-corrected chi connectivity index (χ4v) is 1.17. The monoisotopic (exact) mass is 223 g/mol. The van der Waals surface area contributed by atoms with Crippen LogP contribution in [0.3, 0.4) is 0 Å². The van der Waals surface area contributed by atoms with Crippen molar-refractivity contribution < 1.29 is 18.3 Å². The van der Waals surface area contributed by atoms with Gasteiger partial charge in [0.2, 0.25) is 0 Å². The first-order valence-corrected chi connectivity index (χ1v) is 4.73. The van der Waals surface area contributed by atoms with E-state index >= 15 is 0 Å². The van der Waals surface area contributed by atoms with E-state index in [1.807, 2.05) is 0 Å². The van der Waals surface area contributed by atoms with Crippen molar-refractivity contribution in [3.8, 4) is 0 Å². The van der Waals surface area contributed by atoms with E-state index in [2.05, 4.69) is 10.6 Å². The highest BCUT2D eigenvalue weighted by molar-refractivity contribution is 5.74. The first kappa shape index (κ1) is 12.1. The minimum Gasteiger partial charge on any atom is -0.379 e. The Kier molecular flexibility index (Phi) is 4.22. The second-order valence-electron chi connectivity index (χ2n) is 3.45. The van der Waals surface area contributed by atoms with Gasteiger partial charge in [-0.1, -0.05) is 0 Å². The Labute approximate surface area is 86.3 Å². The number of nitrogens with two attached hydrogens (primary N) is 1. The Balaban J connectivity index is 2.18. The number of carbonyl (C=O) groups excluding carboxylic acids is 1. The quantitative estimate of drug-likeness (QED) is 0.610. The number of urea groups is 1. The summed E-state index contributed by atoms with van der Waals surface area (Å²) in [6, 6.07) is -0.699. The van der Waals surface area contributed by atoms with Crippen LogP contribution in [0.15, 0.2) is 0 Å². The molecule has 88 valence electrons. The van der Waals surface area contributed by atoms with Crippen LogP contribution in [0.25, 0.3) is 0 Å². The lowest BCUT2D eigenvalue weighted by atomic mass is 10.3. The zero-order chi connectivity index (χ0) is 11.3. The van der Waals surface area contributed by atoms with Crippen LogP contribution in [-0.4, -0.2) is 44.3 Å². The van der Waals surface area contributed by atoms with Gasteiger partial charge in [0.15, 0.2) is 0 Å². The molecule has 0 spiro atoms. The van der Waals surface area contributed by atoms with Gasteiger partial charge in [0.1, 0.15) is 0 Å². The summed E-state index contributed by atoms with van der Waals surface area (Å²) in [4.78, 5) is 11.1. The highest BCUT2D eigenvalue weighted by atomic mass is 19.3. The number of hydrogen-bond acceptors (Lipinski definition) is 3. The lowest BCUT2D eigenvalue weighted by Gasteiger charge is -2.16. The van der Waals surface area contributed by atoms with E-state index in [1.54, 1.807) is 0 Å². The first-order valence-electron chi connectivity index (χ1n) is 4.73. The Bertz CT molecular complexity index is 220. The average Bonchev–Trinajstić information content (AvgIpc) is 2.68. The molecular weight excluding hydrogens is 208 g/mol. The van der Waals surface area contributed by atoms with Gasteiger partial charge in [-0.2, -0.15) is 0 Å². The van der Waals surface area contributed by atoms with E-state index in [0.29, 0.717) is 19.6 Å². The molecule has 4 N–H and O–H groups in total. The number of ether oxygens (including phenoxy) is 1. The molecule has 0 aliphatic carbocycles. The molecule has 0 saturated carbocycles. The Morgan fingerprint density at radius 2 is 2.33 bits per heavy atom. The molecule has 1 atom stereocenters. The van der Waals surface area contributed by atoms with Crippen molar-refractivity contribution in [2.24, 2.45) is 5.73 Å². The number of amides is 2. The van der Waals surface area contributed by atoms with Crippen LogP contribution in [0, 0.1) is 0 Å². The molecule has 0 aromatic carbocycles. The number of rotatable bonds is 4. The zero-order valence-electron chi connectivity index (χ0n) is 8.26. The first-order chi connectivity index (χ1) is 7.03. The van der Waals surface area contributed by atoms with Crippen LogP contribution in [0.2, 0.25) is 0 Å². The van der Waals surface area contributed by atoms with Crippen molar-refractivity contribution in [3.63, 3.8) is 0 Å². The van der Waals surface area contributed by atoms with E-state index in [0.717, 1.165) is 0 Å². The predicted octanol–water partition coefficient (Wildman–Crippen LogP) is -0.332. The van der Waals surface area contributed by atoms with Gasteiger partial charge in [-0.05, 0) is 6.42 Å². The van der Waals surface area contributed by atoms with Gasteiger partial charge >= 0.3 is 6.03 Å². The van der Waals surface area contributed by atoms with Gasteiger partial charge in [-0.3, -0.25) is 0 Å². The largest absolute Gasteiger partial charge is 0.379 e. The second kappa shape index (κ2) is 5.22. The normalized spacial score (nSPS) is 21.4. The van der Waals surface area contributed by atoms with E-state index in [9.17, 15) is 13.6 Å². The number of halogens is 2. The standard InChI is InChI=1S/C8H15F2N3O2/c9-8(10,4-11)5-12-7(14)13-6-1-2-15-3-6/h6H,1-5,11H2,(H2,12,13,14). The van der Waals surface area contributed by atoms with E-state index in [-0.39, 0.29) is 6.04 Å². The van der Waals surface area contributed by atoms with Crippen molar-refractivity contribution in [1.82, 2.24) is 10.6 Å². The Hall–Kier alpha value is -0.950. The number of alkyl halides is 2. The SMILES string of the molecule is NCC(F)(F)CNC(=O)NC1CCOC1. The molecule has 5 nitrogen and oxygen atoms in total. The lowest BCUT2D eigenvalue weighted by molar-refractivity contribution is 0.0143. The maximum absolute atomic E-state index is 12.6. The number of nitrogens with one attached hydrogen (secondary N) is 2. The second-order valence-corrected chi connectivity index (χ2v) is 3.45. The van der Waals surface area contributed by atoms with Crippen molar-refractivity contribution in [2.75, 3.05) is 26.3 Å². The summed E-state index contributed by atoms with van der Waals surface area (Å²) in [5.74, 6) is -3.05. The molecular formula is C8H15F2N3O2. The molecule has 1 aliphatic heterocycles. The molecule has 1 rings (SSSR count). The van der Waals surface area contributed by atoms with Crippen LogP contribution in [0.1, 0.15) is 6.42 Å². The Morgan fingerprint density at radius 1 is 1.60 bits per heavy atom. The van der Waals surface area contributed by atoms with Crippen LogP contribution < -0.4 is 16.4 Å². The minimum atomic E-state index is -3.05. The third-order valence-corrected chi connectivity index (χ3v) is 2.07. The highest BCUT2D eigenvalue weighted by Crippen LogP contribution is 2.08. The summed E-state index contributed by atoms with van der Waals surface area (Å²) in [6.45, 7) is -0.507. The van der Waals surface area contributed by atoms with Gasteiger partial charge < -0.3 is 21.1 Å². The molecule has 1 unspecified atom stereocenters. The van der Waals surface area contributed by atoms with E-state index < -0.39 is 25.0 Å². The third kappa shape index (κ3) is 4.39. The van der Waals surface area contributed by atoms with Crippen molar-refractivity contribution in [3.05, 3.63) is 0 Å². The van der Waals surface area contributed by atoms with Crippen LogP contribution in [0.4, 0.5) is 13.6 Å². The van der Waals surface area contributed by atoms with Gasteiger partial charge in [-0.25, -0.2) is 13.6 Å². The molecule has 1 saturated heterocycles. The summed E-state index contributed by atoms with van der Waals surface area (Å²) in [5.41, 5.74) is 4.81. The molecule has 7 heteroatoms. The molecule has 0 bridgehead atoms. The van der Waals surface area contributed by atoms with Crippen LogP contribution in [0.5, 0.6) is 0 Å². The van der Waals surface area contributed by atoms with Crippen molar-refractivity contribution >= 4 is 6.03 Å². The maximum atomic E-state index is 12.6. The summed E-state index contributed by atoms with van der Waals surface area (Å²) >= 11 is 0. The van der Waals surface area contributed by atoms with Crippen LogP contribution >= 0.6 is 0 Å². The summed E-state index contributed by atoms with van der Waals surface area (Å²) < 4.78 is 30.3. The van der Waals surface area contributed by atoms with Crippen molar-refractivity contribution in [2.45, 2.75) is 18.4 Å². The topological polar surface area (TPSA) is 76.4 Å². The molecule has 0 aromatic heterocycles.